The van der Waals surface area contributed by atoms with Gasteiger partial charge in [-0.1, -0.05) is 28.9 Å². The van der Waals surface area contributed by atoms with E-state index in [4.69, 9.17) is 22.1 Å². The van der Waals surface area contributed by atoms with Gasteiger partial charge in [0, 0.05) is 10.6 Å². The van der Waals surface area contributed by atoms with Crippen LogP contribution in [0, 0.1) is 0 Å². The van der Waals surface area contributed by atoms with Crippen molar-refractivity contribution >= 4 is 17.4 Å². The van der Waals surface area contributed by atoms with Crippen LogP contribution >= 0.6 is 11.6 Å². The molecule has 0 saturated heterocycles. The molecule has 0 spiro atoms. The lowest BCUT2D eigenvalue weighted by molar-refractivity contribution is 0.415. The molecule has 0 aliphatic rings. The maximum Gasteiger partial charge on any atom is 0.155 e. The lowest BCUT2D eigenvalue weighted by atomic mass is 10.1. The number of aromatic nitrogens is 3. The average Bonchev–Trinajstić information content (AvgIpc) is 2.90. The Labute approximate surface area is 126 Å². The molecule has 2 aromatic carbocycles. The lowest BCUT2D eigenvalue weighted by Crippen LogP contribution is -2.02. The highest BCUT2D eigenvalue weighted by atomic mass is 35.5. The first-order chi connectivity index (χ1) is 10.2. The Morgan fingerprint density at radius 3 is 2.62 bits per heavy atom. The molecule has 2 N–H and O–H groups in total. The second-order valence-electron chi connectivity index (χ2n) is 4.44. The van der Waals surface area contributed by atoms with E-state index in [0.717, 1.165) is 17.0 Å². The van der Waals surface area contributed by atoms with Crippen LogP contribution in [-0.2, 0) is 0 Å². The van der Waals surface area contributed by atoms with E-state index in [1.165, 1.54) is 0 Å². The SMILES string of the molecule is COc1cccc(-c2nnn(-c3ccc(Cl)cc3)c2N)c1. The summed E-state index contributed by atoms with van der Waals surface area (Å²) in [5, 5.41) is 8.92. The smallest absolute Gasteiger partial charge is 0.155 e. The minimum Gasteiger partial charge on any atom is -0.497 e. The van der Waals surface area contributed by atoms with Crippen LogP contribution in [-0.4, -0.2) is 22.1 Å². The number of ether oxygens (including phenoxy) is 1. The molecule has 1 heterocycles. The van der Waals surface area contributed by atoms with Gasteiger partial charge in [-0.3, -0.25) is 0 Å². The quantitative estimate of drug-likeness (QED) is 0.807. The maximum absolute atomic E-state index is 6.16. The van der Waals surface area contributed by atoms with E-state index in [9.17, 15) is 0 Å². The highest BCUT2D eigenvalue weighted by molar-refractivity contribution is 6.30. The second kappa shape index (κ2) is 5.46. The van der Waals surface area contributed by atoms with Crippen LogP contribution in [0.2, 0.25) is 5.02 Å². The van der Waals surface area contributed by atoms with Crippen LogP contribution in [0.4, 0.5) is 5.82 Å². The monoisotopic (exact) mass is 300 g/mol. The summed E-state index contributed by atoms with van der Waals surface area (Å²) in [4.78, 5) is 0. The van der Waals surface area contributed by atoms with Gasteiger partial charge in [-0.2, -0.15) is 4.68 Å². The third kappa shape index (κ3) is 2.55. The van der Waals surface area contributed by atoms with Gasteiger partial charge in [0.15, 0.2) is 5.82 Å². The molecule has 3 rings (SSSR count). The normalized spacial score (nSPS) is 10.6. The molecule has 6 heteroatoms. The Bertz CT molecular complexity index is 768. The number of hydrogen-bond donors (Lipinski definition) is 1. The molecule has 5 nitrogen and oxygen atoms in total. The summed E-state index contributed by atoms with van der Waals surface area (Å²) in [7, 11) is 1.62. The number of anilines is 1. The molecule has 0 aliphatic heterocycles. The van der Waals surface area contributed by atoms with E-state index in [1.54, 1.807) is 23.9 Å². The predicted octanol–water partition coefficient (Wildman–Crippen LogP) is 3.18. The topological polar surface area (TPSA) is 66.0 Å². The molecule has 21 heavy (non-hydrogen) atoms. The minimum atomic E-state index is 0.463. The first-order valence-electron chi connectivity index (χ1n) is 6.30. The Balaban J connectivity index is 2.04. The van der Waals surface area contributed by atoms with Crippen molar-refractivity contribution in [1.82, 2.24) is 15.0 Å². The van der Waals surface area contributed by atoms with Crippen LogP contribution in [0.3, 0.4) is 0 Å². The van der Waals surface area contributed by atoms with Gasteiger partial charge in [-0.05, 0) is 36.4 Å². The second-order valence-corrected chi connectivity index (χ2v) is 4.88. The Morgan fingerprint density at radius 2 is 1.90 bits per heavy atom. The van der Waals surface area contributed by atoms with Gasteiger partial charge >= 0.3 is 0 Å². The molecule has 0 amide bonds. The molecule has 0 saturated carbocycles. The number of rotatable bonds is 3. The lowest BCUT2D eigenvalue weighted by Gasteiger charge is -2.05. The van der Waals surface area contributed by atoms with E-state index in [-0.39, 0.29) is 0 Å². The highest BCUT2D eigenvalue weighted by Crippen LogP contribution is 2.28. The van der Waals surface area contributed by atoms with E-state index in [0.29, 0.717) is 16.5 Å². The Hall–Kier alpha value is -2.53. The van der Waals surface area contributed by atoms with Crippen molar-refractivity contribution in [2.75, 3.05) is 12.8 Å². The van der Waals surface area contributed by atoms with Crippen molar-refractivity contribution in [3.8, 4) is 22.7 Å². The zero-order valence-corrected chi connectivity index (χ0v) is 12.1. The van der Waals surface area contributed by atoms with Gasteiger partial charge in [0.2, 0.25) is 0 Å². The Morgan fingerprint density at radius 1 is 1.14 bits per heavy atom. The molecule has 0 fully saturated rings. The van der Waals surface area contributed by atoms with Crippen LogP contribution in [0.25, 0.3) is 16.9 Å². The van der Waals surface area contributed by atoms with Crippen molar-refractivity contribution in [1.29, 1.82) is 0 Å². The van der Waals surface area contributed by atoms with E-state index in [1.807, 2.05) is 36.4 Å². The van der Waals surface area contributed by atoms with Crippen molar-refractivity contribution < 1.29 is 4.74 Å². The third-order valence-electron chi connectivity index (χ3n) is 3.12. The fourth-order valence-electron chi connectivity index (χ4n) is 2.04. The Kier molecular flexibility index (Phi) is 3.50. The van der Waals surface area contributed by atoms with Gasteiger partial charge in [0.05, 0.1) is 12.8 Å². The van der Waals surface area contributed by atoms with Gasteiger partial charge in [0.25, 0.3) is 0 Å². The first kappa shape index (κ1) is 13.5. The van der Waals surface area contributed by atoms with Crippen LogP contribution < -0.4 is 10.5 Å². The van der Waals surface area contributed by atoms with Gasteiger partial charge < -0.3 is 10.5 Å². The molecule has 1 aromatic heterocycles. The molecule has 0 bridgehead atoms. The van der Waals surface area contributed by atoms with Crippen molar-refractivity contribution in [2.24, 2.45) is 0 Å². The number of benzene rings is 2. The molecule has 0 atom stereocenters. The standard InChI is InChI=1S/C15H13ClN4O/c1-21-13-4-2-3-10(9-13)14-15(17)20(19-18-14)12-7-5-11(16)6-8-12/h2-9H,17H2,1H3. The van der Waals surface area contributed by atoms with Gasteiger partial charge in [-0.15, -0.1) is 5.10 Å². The van der Waals surface area contributed by atoms with Crippen molar-refractivity contribution in [3.63, 3.8) is 0 Å². The number of methoxy groups -OCH3 is 1. The van der Waals surface area contributed by atoms with Crippen molar-refractivity contribution in [3.05, 3.63) is 53.6 Å². The van der Waals surface area contributed by atoms with Gasteiger partial charge in [0.1, 0.15) is 11.4 Å². The van der Waals surface area contributed by atoms with E-state index in [2.05, 4.69) is 10.3 Å². The molecule has 0 radical (unpaired) electrons. The largest absolute Gasteiger partial charge is 0.497 e. The highest BCUT2D eigenvalue weighted by Gasteiger charge is 2.13. The summed E-state index contributed by atoms with van der Waals surface area (Å²) in [6, 6.07) is 14.8. The number of nitrogens with zero attached hydrogens (tertiary/aromatic N) is 3. The number of halogens is 1. The summed E-state index contributed by atoms with van der Waals surface area (Å²) >= 11 is 5.88. The minimum absolute atomic E-state index is 0.463. The third-order valence-corrected chi connectivity index (χ3v) is 3.37. The summed E-state index contributed by atoms with van der Waals surface area (Å²) < 4.78 is 6.78. The molecular weight excluding hydrogens is 288 g/mol. The fourth-order valence-corrected chi connectivity index (χ4v) is 2.16. The van der Waals surface area contributed by atoms with Crippen LogP contribution in [0.5, 0.6) is 5.75 Å². The molecule has 3 aromatic rings. The molecule has 106 valence electrons. The summed E-state index contributed by atoms with van der Waals surface area (Å²) in [6.45, 7) is 0. The first-order valence-corrected chi connectivity index (χ1v) is 6.68. The van der Waals surface area contributed by atoms with Crippen LogP contribution in [0.15, 0.2) is 48.5 Å². The van der Waals surface area contributed by atoms with Crippen LogP contribution in [0.1, 0.15) is 0 Å². The zero-order chi connectivity index (χ0) is 14.8. The summed E-state index contributed by atoms with van der Waals surface area (Å²) in [5.41, 5.74) is 8.43. The number of nitrogens with two attached hydrogens (primary N) is 1. The number of hydrogen-bond acceptors (Lipinski definition) is 4. The molecule has 0 unspecified atom stereocenters. The van der Waals surface area contributed by atoms with Gasteiger partial charge in [-0.25, -0.2) is 0 Å². The summed E-state index contributed by atoms with van der Waals surface area (Å²) in [5.74, 6) is 1.21. The fraction of sp³-hybridized carbons (Fsp3) is 0.0667. The summed E-state index contributed by atoms with van der Waals surface area (Å²) in [6.07, 6.45) is 0. The zero-order valence-electron chi connectivity index (χ0n) is 11.3. The van der Waals surface area contributed by atoms with Crippen molar-refractivity contribution in [2.45, 2.75) is 0 Å². The maximum atomic E-state index is 6.16. The van der Waals surface area contributed by atoms with E-state index >= 15 is 0 Å². The molecule has 0 aliphatic carbocycles. The average molecular weight is 301 g/mol. The number of nitrogen functional groups attached to an aromatic ring is 1. The van der Waals surface area contributed by atoms with E-state index < -0.39 is 0 Å². The molecular formula is C15H13ClN4O. The predicted molar refractivity (Wildman–Crippen MR) is 82.8 cm³/mol.